The first-order valence-electron chi connectivity index (χ1n) is 7.97. The van der Waals surface area contributed by atoms with Crippen LogP contribution in [0.1, 0.15) is 21.1 Å². The van der Waals surface area contributed by atoms with Crippen LogP contribution >= 0.6 is 11.3 Å². The van der Waals surface area contributed by atoms with Crippen LogP contribution in [0, 0.1) is 0 Å². The van der Waals surface area contributed by atoms with Gasteiger partial charge in [0.25, 0.3) is 5.91 Å². The van der Waals surface area contributed by atoms with Crippen LogP contribution < -0.4 is 16.0 Å². The smallest absolute Gasteiger partial charge is 0.271 e. The molecular weight excluding hydrogens is 324 g/mol. The van der Waals surface area contributed by atoms with E-state index in [4.69, 9.17) is 5.73 Å². The Labute approximate surface area is 145 Å². The Morgan fingerprint density at radius 1 is 1.38 bits per heavy atom. The molecule has 1 aliphatic rings. The summed E-state index contributed by atoms with van der Waals surface area (Å²) in [5, 5.41) is 5.40. The first-order chi connectivity index (χ1) is 11.7. The van der Waals surface area contributed by atoms with E-state index < -0.39 is 0 Å². The van der Waals surface area contributed by atoms with Crippen molar-refractivity contribution in [2.24, 2.45) is 5.73 Å². The Morgan fingerprint density at radius 2 is 2.17 bits per heavy atom. The lowest BCUT2D eigenvalue weighted by Crippen LogP contribution is -2.44. The van der Waals surface area contributed by atoms with Crippen molar-refractivity contribution >= 4 is 23.1 Å². The summed E-state index contributed by atoms with van der Waals surface area (Å²) in [5.41, 5.74) is 6.98. The van der Waals surface area contributed by atoms with E-state index in [0.717, 1.165) is 42.6 Å². The molecule has 7 nitrogen and oxygen atoms in total. The van der Waals surface area contributed by atoms with Gasteiger partial charge in [0.05, 0.1) is 0 Å². The molecule has 0 aromatic carbocycles. The number of hydrogen-bond acceptors (Lipinski definition) is 7. The lowest BCUT2D eigenvalue weighted by atomic mass is 10.2. The highest BCUT2D eigenvalue weighted by atomic mass is 32.1. The van der Waals surface area contributed by atoms with Gasteiger partial charge in [0, 0.05) is 50.8 Å². The molecule has 8 heteroatoms. The molecular formula is C16H22N6OS. The summed E-state index contributed by atoms with van der Waals surface area (Å²) in [6.45, 7) is 4.83. The molecule has 2 aromatic heterocycles. The third-order valence-corrected chi connectivity index (χ3v) is 4.92. The fourth-order valence-corrected chi connectivity index (χ4v) is 3.22. The van der Waals surface area contributed by atoms with Crippen LogP contribution in [0.2, 0.25) is 0 Å². The zero-order valence-electron chi connectivity index (χ0n) is 13.7. The fraction of sp³-hybridized carbons (Fsp3) is 0.438. The molecule has 2 aromatic rings. The number of nitrogens with two attached hydrogens (primary N) is 1. The average molecular weight is 346 g/mol. The molecule has 0 saturated carbocycles. The minimum absolute atomic E-state index is 0.177. The highest BCUT2D eigenvalue weighted by Gasteiger charge is 2.16. The quantitative estimate of drug-likeness (QED) is 0.828. The van der Waals surface area contributed by atoms with Gasteiger partial charge in [-0.15, -0.1) is 11.3 Å². The van der Waals surface area contributed by atoms with E-state index in [9.17, 15) is 4.79 Å². The summed E-state index contributed by atoms with van der Waals surface area (Å²) >= 11 is 1.40. The molecule has 0 radical (unpaired) electrons. The minimum Gasteiger partial charge on any atom is -0.354 e. The summed E-state index contributed by atoms with van der Waals surface area (Å²) in [5.74, 6) is 0.790. The summed E-state index contributed by atoms with van der Waals surface area (Å²) in [6.07, 6.45) is 1.80. The van der Waals surface area contributed by atoms with E-state index in [0.29, 0.717) is 18.8 Å². The normalized spacial score (nSPS) is 15.5. The predicted octanol–water partition coefficient (Wildman–Crippen LogP) is 0.679. The van der Waals surface area contributed by atoms with Gasteiger partial charge in [0.2, 0.25) is 0 Å². The molecule has 0 aliphatic carbocycles. The topological polar surface area (TPSA) is 87.4 Å². The number of hydrogen-bond donors (Lipinski definition) is 2. The lowest BCUT2D eigenvalue weighted by Gasteiger charge is -2.33. The van der Waals surface area contributed by atoms with Gasteiger partial charge in [-0.3, -0.25) is 4.79 Å². The van der Waals surface area contributed by atoms with E-state index in [2.05, 4.69) is 32.1 Å². The molecule has 3 rings (SSSR count). The van der Waals surface area contributed by atoms with Gasteiger partial charge in [0.1, 0.15) is 16.5 Å². The number of aromatic nitrogens is 2. The van der Waals surface area contributed by atoms with Crippen molar-refractivity contribution in [2.75, 3.05) is 38.1 Å². The van der Waals surface area contributed by atoms with E-state index >= 15 is 0 Å². The molecule has 0 spiro atoms. The zero-order valence-corrected chi connectivity index (χ0v) is 14.6. The first-order valence-corrected chi connectivity index (χ1v) is 8.85. The first kappa shape index (κ1) is 16.8. The van der Waals surface area contributed by atoms with E-state index in [1.165, 1.54) is 11.3 Å². The number of rotatable bonds is 5. The predicted molar refractivity (Wildman–Crippen MR) is 95.1 cm³/mol. The summed E-state index contributed by atoms with van der Waals surface area (Å²) in [7, 11) is 2.13. The van der Waals surface area contributed by atoms with Crippen LogP contribution in [0.4, 0.5) is 5.82 Å². The Hall–Kier alpha value is -2.03. The van der Waals surface area contributed by atoms with Crippen LogP contribution in [0.5, 0.6) is 0 Å². The maximum absolute atomic E-state index is 12.1. The maximum Gasteiger partial charge on any atom is 0.271 e. The summed E-state index contributed by atoms with van der Waals surface area (Å²) in [4.78, 5) is 25.4. The monoisotopic (exact) mass is 346 g/mol. The number of piperazine rings is 1. The van der Waals surface area contributed by atoms with Gasteiger partial charge < -0.3 is 20.9 Å². The van der Waals surface area contributed by atoms with Crippen LogP contribution in [0.15, 0.2) is 23.7 Å². The van der Waals surface area contributed by atoms with Gasteiger partial charge in [-0.1, -0.05) is 0 Å². The second-order valence-corrected chi connectivity index (χ2v) is 6.77. The molecule has 1 saturated heterocycles. The number of amides is 1. The number of pyridine rings is 1. The molecule has 1 amide bonds. The van der Waals surface area contributed by atoms with Crippen LogP contribution in [-0.2, 0) is 13.1 Å². The van der Waals surface area contributed by atoms with Crippen LogP contribution in [-0.4, -0.2) is 54.0 Å². The van der Waals surface area contributed by atoms with Gasteiger partial charge in [-0.05, 0) is 24.7 Å². The zero-order chi connectivity index (χ0) is 16.9. The van der Waals surface area contributed by atoms with Crippen molar-refractivity contribution in [1.82, 2.24) is 20.2 Å². The molecule has 1 aliphatic heterocycles. The highest BCUT2D eigenvalue weighted by molar-refractivity contribution is 7.09. The number of carbonyl (C=O) groups is 1. The summed E-state index contributed by atoms with van der Waals surface area (Å²) < 4.78 is 0. The van der Waals surface area contributed by atoms with Crippen molar-refractivity contribution in [3.05, 3.63) is 40.0 Å². The fourth-order valence-electron chi connectivity index (χ4n) is 2.56. The number of nitrogens with zero attached hydrogens (tertiary/aromatic N) is 4. The van der Waals surface area contributed by atoms with Crippen molar-refractivity contribution in [1.29, 1.82) is 0 Å². The third kappa shape index (κ3) is 4.08. The standard InChI is InChI=1S/C16H22N6OS/c1-21-4-6-22(7-5-21)14-8-12(2-3-18-14)10-19-16(23)13-11-24-15(9-17)20-13/h2-3,8,11H,4-7,9-10,17H2,1H3,(H,19,23). The lowest BCUT2D eigenvalue weighted by molar-refractivity contribution is 0.0946. The number of nitrogens with one attached hydrogen (secondary N) is 1. The second-order valence-electron chi connectivity index (χ2n) is 5.83. The molecule has 128 valence electrons. The van der Waals surface area contributed by atoms with Crippen molar-refractivity contribution < 1.29 is 4.79 Å². The molecule has 3 N–H and O–H groups in total. The maximum atomic E-state index is 12.1. The Balaban J connectivity index is 1.59. The third-order valence-electron chi connectivity index (χ3n) is 4.05. The van der Waals surface area contributed by atoms with Gasteiger partial charge in [0.15, 0.2) is 0 Å². The largest absolute Gasteiger partial charge is 0.354 e. The van der Waals surface area contributed by atoms with Crippen LogP contribution in [0.3, 0.4) is 0 Å². The molecule has 0 atom stereocenters. The van der Waals surface area contributed by atoms with Gasteiger partial charge in [-0.2, -0.15) is 0 Å². The van der Waals surface area contributed by atoms with E-state index in [1.54, 1.807) is 11.6 Å². The second kappa shape index (κ2) is 7.69. The molecule has 0 bridgehead atoms. The molecule has 3 heterocycles. The number of thiazole rings is 1. The molecule has 24 heavy (non-hydrogen) atoms. The number of likely N-dealkylation sites (N-methyl/N-ethyl adjacent to an activating group) is 1. The van der Waals surface area contributed by atoms with Crippen molar-refractivity contribution in [3.63, 3.8) is 0 Å². The van der Waals surface area contributed by atoms with E-state index in [1.807, 2.05) is 12.1 Å². The Morgan fingerprint density at radius 3 is 2.88 bits per heavy atom. The van der Waals surface area contributed by atoms with Crippen molar-refractivity contribution in [3.8, 4) is 0 Å². The minimum atomic E-state index is -0.177. The van der Waals surface area contributed by atoms with Gasteiger partial charge >= 0.3 is 0 Å². The summed E-state index contributed by atoms with van der Waals surface area (Å²) in [6, 6.07) is 3.96. The Kier molecular flexibility index (Phi) is 5.39. The average Bonchev–Trinajstić information content (AvgIpc) is 3.10. The van der Waals surface area contributed by atoms with Crippen molar-refractivity contribution in [2.45, 2.75) is 13.1 Å². The Bertz CT molecular complexity index is 695. The SMILES string of the molecule is CN1CCN(c2cc(CNC(=O)c3csc(CN)n3)ccn2)CC1. The van der Waals surface area contributed by atoms with E-state index in [-0.39, 0.29) is 5.91 Å². The van der Waals surface area contributed by atoms with Crippen LogP contribution in [0.25, 0.3) is 0 Å². The molecule has 1 fully saturated rings. The van der Waals surface area contributed by atoms with Gasteiger partial charge in [-0.25, -0.2) is 9.97 Å². The highest BCUT2D eigenvalue weighted by Crippen LogP contribution is 2.15. The molecule has 0 unspecified atom stereocenters. The number of carbonyl (C=O) groups excluding carboxylic acids is 1. The number of anilines is 1.